The van der Waals surface area contributed by atoms with Crippen LogP contribution in [0.1, 0.15) is 5.82 Å². The van der Waals surface area contributed by atoms with Gasteiger partial charge in [0.2, 0.25) is 0 Å². The summed E-state index contributed by atoms with van der Waals surface area (Å²) in [6, 6.07) is 8.63. The first-order valence-corrected chi connectivity index (χ1v) is 9.86. The molecule has 7 nitrogen and oxygen atoms in total. The zero-order chi connectivity index (χ0) is 18.9. The van der Waals surface area contributed by atoms with Crippen LogP contribution < -0.4 is 5.32 Å². The van der Waals surface area contributed by atoms with Gasteiger partial charge in [-0.1, -0.05) is 23.2 Å². The molecule has 3 rings (SSSR count). The SMILES string of the molecule is CS(=O)(=O)c1ccc(-n2nnnc2CNc2c(F)cc(Cl)cc2Cl)cc1. The number of nitrogens with one attached hydrogen (secondary N) is 1. The van der Waals surface area contributed by atoms with Crippen LogP contribution in [-0.4, -0.2) is 34.9 Å². The van der Waals surface area contributed by atoms with Crippen molar-refractivity contribution in [3.63, 3.8) is 0 Å². The number of hydrogen-bond acceptors (Lipinski definition) is 6. The van der Waals surface area contributed by atoms with Gasteiger partial charge in [-0.2, -0.15) is 4.68 Å². The molecule has 0 spiro atoms. The minimum absolute atomic E-state index is 0.0815. The highest BCUT2D eigenvalue weighted by Gasteiger charge is 2.13. The highest BCUT2D eigenvalue weighted by Crippen LogP contribution is 2.29. The summed E-state index contributed by atoms with van der Waals surface area (Å²) in [6.07, 6.45) is 1.12. The van der Waals surface area contributed by atoms with Crippen molar-refractivity contribution in [1.82, 2.24) is 20.2 Å². The lowest BCUT2D eigenvalue weighted by Gasteiger charge is -2.10. The van der Waals surface area contributed by atoms with E-state index in [2.05, 4.69) is 20.8 Å². The zero-order valence-corrected chi connectivity index (χ0v) is 15.6. The second-order valence-corrected chi connectivity index (χ2v) is 8.23. The number of anilines is 1. The highest BCUT2D eigenvalue weighted by atomic mass is 35.5. The third-order valence-corrected chi connectivity index (χ3v) is 5.12. The molecule has 1 aromatic heterocycles. The van der Waals surface area contributed by atoms with E-state index in [1.165, 1.54) is 22.9 Å². The third-order valence-electron chi connectivity index (χ3n) is 3.47. The number of nitrogens with zero attached hydrogens (tertiary/aromatic N) is 4. The maximum atomic E-state index is 14.0. The van der Waals surface area contributed by atoms with E-state index in [9.17, 15) is 12.8 Å². The molecule has 136 valence electrons. The number of hydrogen-bond donors (Lipinski definition) is 1. The predicted molar refractivity (Wildman–Crippen MR) is 96.0 cm³/mol. The van der Waals surface area contributed by atoms with Crippen LogP contribution in [-0.2, 0) is 16.4 Å². The summed E-state index contributed by atoms with van der Waals surface area (Å²) in [6.45, 7) is 0.0824. The number of rotatable bonds is 5. The van der Waals surface area contributed by atoms with Crippen LogP contribution in [0.25, 0.3) is 5.69 Å². The minimum Gasteiger partial charge on any atom is -0.374 e. The van der Waals surface area contributed by atoms with Gasteiger partial charge < -0.3 is 5.32 Å². The molecule has 11 heteroatoms. The molecular formula is C15H12Cl2FN5O2S. The molecule has 1 heterocycles. The van der Waals surface area contributed by atoms with Crippen LogP contribution in [0.15, 0.2) is 41.3 Å². The Morgan fingerprint density at radius 1 is 1.19 bits per heavy atom. The van der Waals surface area contributed by atoms with Crippen molar-refractivity contribution in [3.05, 3.63) is 58.1 Å². The van der Waals surface area contributed by atoms with Crippen molar-refractivity contribution in [2.45, 2.75) is 11.4 Å². The number of halogens is 3. The fourth-order valence-corrected chi connectivity index (χ4v) is 3.40. The molecule has 0 atom stereocenters. The number of tetrazole rings is 1. The Morgan fingerprint density at radius 3 is 2.50 bits per heavy atom. The Morgan fingerprint density at radius 2 is 1.88 bits per heavy atom. The molecule has 0 aliphatic rings. The van der Waals surface area contributed by atoms with E-state index in [-0.39, 0.29) is 27.2 Å². The second-order valence-electron chi connectivity index (χ2n) is 5.37. The number of sulfone groups is 1. The Hall–Kier alpha value is -2.23. The predicted octanol–water partition coefficient (Wildman–Crippen LogP) is 3.12. The molecule has 0 aliphatic carbocycles. The molecule has 3 aromatic rings. The van der Waals surface area contributed by atoms with E-state index in [0.29, 0.717) is 11.5 Å². The summed E-state index contributed by atoms with van der Waals surface area (Å²) in [5, 5.41) is 14.5. The minimum atomic E-state index is -3.30. The topological polar surface area (TPSA) is 89.8 Å². The maximum Gasteiger partial charge on any atom is 0.175 e. The fourth-order valence-electron chi connectivity index (χ4n) is 2.23. The molecule has 0 saturated heterocycles. The lowest BCUT2D eigenvalue weighted by Crippen LogP contribution is -2.10. The second kappa shape index (κ2) is 7.18. The summed E-state index contributed by atoms with van der Waals surface area (Å²) in [5.41, 5.74) is 0.639. The van der Waals surface area contributed by atoms with Gasteiger partial charge in [0.15, 0.2) is 15.7 Å². The van der Waals surface area contributed by atoms with Gasteiger partial charge in [0.25, 0.3) is 0 Å². The third kappa shape index (κ3) is 3.95. The molecule has 0 amide bonds. The largest absolute Gasteiger partial charge is 0.374 e. The lowest BCUT2D eigenvalue weighted by atomic mass is 10.3. The highest BCUT2D eigenvalue weighted by molar-refractivity contribution is 7.90. The van der Waals surface area contributed by atoms with E-state index in [1.54, 1.807) is 12.1 Å². The molecule has 0 saturated carbocycles. The van der Waals surface area contributed by atoms with Crippen molar-refractivity contribution >= 4 is 38.7 Å². The normalized spacial score (nSPS) is 11.5. The van der Waals surface area contributed by atoms with Gasteiger partial charge in [-0.05, 0) is 46.8 Å². The Bertz CT molecular complexity index is 1030. The fraction of sp³-hybridized carbons (Fsp3) is 0.133. The molecule has 0 unspecified atom stereocenters. The van der Waals surface area contributed by atoms with E-state index >= 15 is 0 Å². The van der Waals surface area contributed by atoms with Crippen LogP contribution in [0.4, 0.5) is 10.1 Å². The van der Waals surface area contributed by atoms with Crippen LogP contribution in [0.3, 0.4) is 0 Å². The summed E-state index contributed by atoms with van der Waals surface area (Å²) >= 11 is 11.7. The standard InChI is InChI=1S/C15H12Cl2FN5O2S/c1-26(24,25)11-4-2-10(3-5-11)23-14(20-21-22-23)8-19-15-12(17)6-9(16)7-13(15)18/h2-7,19H,8H2,1H3. The van der Waals surface area contributed by atoms with Crippen LogP contribution in [0.5, 0.6) is 0 Å². The molecule has 0 radical (unpaired) electrons. The van der Waals surface area contributed by atoms with Gasteiger partial charge in [0.1, 0.15) is 5.82 Å². The average molecular weight is 416 g/mol. The summed E-state index contributed by atoms with van der Waals surface area (Å²) in [7, 11) is -3.30. The van der Waals surface area contributed by atoms with E-state index in [0.717, 1.165) is 12.3 Å². The number of benzene rings is 2. The first kappa shape index (κ1) is 18.6. The van der Waals surface area contributed by atoms with Crippen LogP contribution in [0, 0.1) is 5.82 Å². The molecule has 26 heavy (non-hydrogen) atoms. The van der Waals surface area contributed by atoms with Gasteiger partial charge in [0.05, 0.1) is 27.8 Å². The quantitative estimate of drug-likeness (QED) is 0.688. The average Bonchev–Trinajstić information content (AvgIpc) is 3.01. The van der Waals surface area contributed by atoms with Gasteiger partial charge in [-0.25, -0.2) is 12.8 Å². The Labute approximate surface area is 158 Å². The first-order chi connectivity index (χ1) is 12.3. The summed E-state index contributed by atoms with van der Waals surface area (Å²) in [4.78, 5) is 0.184. The van der Waals surface area contributed by atoms with Gasteiger partial charge in [-0.3, -0.25) is 0 Å². The van der Waals surface area contributed by atoms with Gasteiger partial charge in [-0.15, -0.1) is 5.10 Å². The smallest absolute Gasteiger partial charge is 0.175 e. The van der Waals surface area contributed by atoms with Crippen molar-refractivity contribution in [2.24, 2.45) is 0 Å². The van der Waals surface area contributed by atoms with Crippen molar-refractivity contribution < 1.29 is 12.8 Å². The molecule has 0 bridgehead atoms. The number of aromatic nitrogens is 4. The van der Waals surface area contributed by atoms with Crippen molar-refractivity contribution in [3.8, 4) is 5.69 Å². The van der Waals surface area contributed by atoms with Gasteiger partial charge >= 0.3 is 0 Å². The lowest BCUT2D eigenvalue weighted by molar-refractivity contribution is 0.602. The first-order valence-electron chi connectivity index (χ1n) is 7.22. The van der Waals surface area contributed by atoms with E-state index in [4.69, 9.17) is 23.2 Å². The summed E-state index contributed by atoms with van der Waals surface area (Å²) < 4.78 is 38.4. The van der Waals surface area contributed by atoms with E-state index in [1.807, 2.05) is 0 Å². The van der Waals surface area contributed by atoms with E-state index < -0.39 is 15.7 Å². The molecule has 1 N–H and O–H groups in total. The molecule has 0 fully saturated rings. The molecule has 2 aromatic carbocycles. The molecule has 0 aliphatic heterocycles. The Kier molecular flexibility index (Phi) is 5.12. The van der Waals surface area contributed by atoms with Crippen LogP contribution >= 0.6 is 23.2 Å². The maximum absolute atomic E-state index is 14.0. The van der Waals surface area contributed by atoms with Gasteiger partial charge in [0, 0.05) is 11.3 Å². The Balaban J connectivity index is 1.84. The van der Waals surface area contributed by atoms with Crippen molar-refractivity contribution in [2.75, 3.05) is 11.6 Å². The van der Waals surface area contributed by atoms with Crippen LogP contribution in [0.2, 0.25) is 10.0 Å². The summed E-state index contributed by atoms with van der Waals surface area (Å²) in [5.74, 6) is -0.221. The zero-order valence-electron chi connectivity index (χ0n) is 13.3. The monoisotopic (exact) mass is 415 g/mol. The molecular weight excluding hydrogens is 404 g/mol. The van der Waals surface area contributed by atoms with Crippen molar-refractivity contribution in [1.29, 1.82) is 0 Å².